The zero-order chi connectivity index (χ0) is 21.4. The first-order valence-corrected chi connectivity index (χ1v) is 12.1. The van der Waals surface area contributed by atoms with Crippen molar-refractivity contribution < 1.29 is 14.6 Å². The second kappa shape index (κ2) is 11.2. The van der Waals surface area contributed by atoms with Crippen LogP contribution in [0.1, 0.15) is 61.6 Å². The van der Waals surface area contributed by atoms with Gasteiger partial charge in [-0.1, -0.05) is 36.8 Å². The first kappa shape index (κ1) is 23.2. The molecule has 1 aliphatic rings. The molecule has 2 aromatic carbocycles. The predicted octanol–water partition coefficient (Wildman–Crippen LogP) is 6.11. The maximum Gasteiger partial charge on any atom is 0.118 e. The van der Waals surface area contributed by atoms with E-state index in [0.29, 0.717) is 5.92 Å². The number of aryl methyl sites for hydroxylation is 1. The average Bonchev–Trinajstić information content (AvgIpc) is 2.77. The Labute approximate surface area is 186 Å². The molecule has 1 aliphatic heterocycles. The zero-order valence-electron chi connectivity index (χ0n) is 18.7. The lowest BCUT2D eigenvalue weighted by Crippen LogP contribution is -2.36. The van der Waals surface area contributed by atoms with E-state index in [4.69, 9.17) is 14.6 Å². The van der Waals surface area contributed by atoms with E-state index in [0.717, 1.165) is 56.8 Å². The minimum Gasteiger partial charge on any atom is -0.497 e. The fraction of sp³-hybridized carbons (Fsp3) is 0.538. The van der Waals surface area contributed by atoms with Gasteiger partial charge < -0.3 is 14.6 Å². The van der Waals surface area contributed by atoms with Crippen molar-refractivity contribution in [3.8, 4) is 5.75 Å². The Morgan fingerprint density at radius 3 is 2.53 bits per heavy atom. The number of rotatable bonds is 11. The largest absolute Gasteiger partial charge is 0.497 e. The Kier molecular flexibility index (Phi) is 8.67. The second-order valence-electron chi connectivity index (χ2n) is 8.57. The highest BCUT2D eigenvalue weighted by atomic mass is 32.2. The SMILES string of the molecule is COc1ccc([C@@]2(C)CSc3cc(C)ccc3C2CCCOCCCCCO)cc1. The van der Waals surface area contributed by atoms with E-state index < -0.39 is 0 Å². The van der Waals surface area contributed by atoms with E-state index >= 15 is 0 Å². The third-order valence-electron chi connectivity index (χ3n) is 6.32. The van der Waals surface area contributed by atoms with Crippen LogP contribution in [0.4, 0.5) is 0 Å². The monoisotopic (exact) mass is 428 g/mol. The molecule has 0 aliphatic carbocycles. The summed E-state index contributed by atoms with van der Waals surface area (Å²) in [4.78, 5) is 1.44. The highest BCUT2D eigenvalue weighted by Gasteiger charge is 2.41. The molecule has 1 unspecified atom stereocenters. The van der Waals surface area contributed by atoms with Gasteiger partial charge in [-0.2, -0.15) is 0 Å². The van der Waals surface area contributed by atoms with Crippen molar-refractivity contribution in [2.24, 2.45) is 0 Å². The molecule has 2 aromatic rings. The number of thioether (sulfide) groups is 1. The number of unbranched alkanes of at least 4 members (excludes halogenated alkanes) is 2. The molecule has 30 heavy (non-hydrogen) atoms. The van der Waals surface area contributed by atoms with Crippen molar-refractivity contribution in [3.63, 3.8) is 0 Å². The number of methoxy groups -OCH3 is 1. The van der Waals surface area contributed by atoms with E-state index in [1.165, 1.54) is 21.6 Å². The summed E-state index contributed by atoms with van der Waals surface area (Å²) in [6.07, 6.45) is 5.13. The zero-order valence-corrected chi connectivity index (χ0v) is 19.5. The Morgan fingerprint density at radius 1 is 1.03 bits per heavy atom. The van der Waals surface area contributed by atoms with Crippen molar-refractivity contribution in [2.45, 2.75) is 62.2 Å². The van der Waals surface area contributed by atoms with Crippen LogP contribution < -0.4 is 4.74 Å². The van der Waals surface area contributed by atoms with Crippen LogP contribution in [0.15, 0.2) is 47.4 Å². The maximum atomic E-state index is 8.87. The normalized spacial score (nSPS) is 20.7. The van der Waals surface area contributed by atoms with Gasteiger partial charge in [-0.05, 0) is 74.3 Å². The molecule has 164 valence electrons. The third kappa shape index (κ3) is 5.60. The fourth-order valence-corrected chi connectivity index (χ4v) is 5.91. The quantitative estimate of drug-likeness (QED) is 0.438. The van der Waals surface area contributed by atoms with Crippen LogP contribution in [0.25, 0.3) is 0 Å². The van der Waals surface area contributed by atoms with Crippen LogP contribution in [-0.4, -0.2) is 37.8 Å². The van der Waals surface area contributed by atoms with Gasteiger partial charge in [-0.25, -0.2) is 0 Å². The van der Waals surface area contributed by atoms with Crippen LogP contribution in [0.2, 0.25) is 0 Å². The first-order valence-electron chi connectivity index (χ1n) is 11.1. The Bertz CT molecular complexity index is 789. The van der Waals surface area contributed by atoms with Gasteiger partial charge in [-0.3, -0.25) is 0 Å². The van der Waals surface area contributed by atoms with Crippen molar-refractivity contribution in [1.29, 1.82) is 0 Å². The molecule has 4 heteroatoms. The Morgan fingerprint density at radius 2 is 1.80 bits per heavy atom. The number of aliphatic hydroxyl groups excluding tert-OH is 1. The summed E-state index contributed by atoms with van der Waals surface area (Å²) in [5.41, 5.74) is 4.29. The average molecular weight is 429 g/mol. The van der Waals surface area contributed by atoms with E-state index in [1.807, 2.05) is 11.8 Å². The molecule has 1 heterocycles. The molecule has 0 saturated heterocycles. The van der Waals surface area contributed by atoms with Crippen molar-refractivity contribution in [1.82, 2.24) is 0 Å². The van der Waals surface area contributed by atoms with Crippen molar-refractivity contribution in [2.75, 3.05) is 32.7 Å². The van der Waals surface area contributed by atoms with Crippen LogP contribution in [0.3, 0.4) is 0 Å². The summed E-state index contributed by atoms with van der Waals surface area (Å²) in [6, 6.07) is 15.6. The van der Waals surface area contributed by atoms with Crippen LogP contribution in [0, 0.1) is 6.92 Å². The summed E-state index contributed by atoms with van der Waals surface area (Å²) < 4.78 is 11.3. The van der Waals surface area contributed by atoms with Gasteiger partial charge in [0.1, 0.15) is 5.75 Å². The van der Waals surface area contributed by atoms with Gasteiger partial charge in [0.05, 0.1) is 7.11 Å². The number of ether oxygens (including phenoxy) is 2. The molecule has 0 bridgehead atoms. The van der Waals surface area contributed by atoms with Gasteiger partial charge in [0.15, 0.2) is 0 Å². The fourth-order valence-electron chi connectivity index (χ4n) is 4.44. The predicted molar refractivity (Wildman–Crippen MR) is 126 cm³/mol. The molecule has 0 radical (unpaired) electrons. The van der Waals surface area contributed by atoms with Crippen LogP contribution in [0.5, 0.6) is 5.75 Å². The molecule has 0 spiro atoms. The number of aliphatic hydroxyl groups is 1. The smallest absolute Gasteiger partial charge is 0.118 e. The second-order valence-corrected chi connectivity index (χ2v) is 9.58. The summed E-state index contributed by atoms with van der Waals surface area (Å²) in [5.74, 6) is 2.47. The van der Waals surface area contributed by atoms with Crippen LogP contribution in [-0.2, 0) is 10.2 Å². The molecule has 0 saturated carbocycles. The van der Waals surface area contributed by atoms with E-state index in [1.54, 1.807) is 7.11 Å². The molecular weight excluding hydrogens is 392 g/mol. The van der Waals surface area contributed by atoms with Gasteiger partial charge >= 0.3 is 0 Å². The summed E-state index contributed by atoms with van der Waals surface area (Å²) in [7, 11) is 1.72. The van der Waals surface area contributed by atoms with Crippen LogP contribution >= 0.6 is 11.8 Å². The molecular formula is C26H36O3S. The minimum absolute atomic E-state index is 0.0837. The lowest BCUT2D eigenvalue weighted by Gasteiger charge is -2.43. The Hall–Kier alpha value is -1.49. The first-order chi connectivity index (χ1) is 14.6. The highest BCUT2D eigenvalue weighted by molar-refractivity contribution is 7.99. The van der Waals surface area contributed by atoms with Gasteiger partial charge in [0, 0.05) is 35.9 Å². The molecule has 0 aromatic heterocycles. The van der Waals surface area contributed by atoms with E-state index in [-0.39, 0.29) is 12.0 Å². The minimum atomic E-state index is 0.0837. The molecule has 0 fully saturated rings. The van der Waals surface area contributed by atoms with Gasteiger partial charge in [-0.15, -0.1) is 11.8 Å². The lowest BCUT2D eigenvalue weighted by atomic mass is 9.68. The van der Waals surface area contributed by atoms with E-state index in [2.05, 4.69) is 56.3 Å². The highest BCUT2D eigenvalue weighted by Crippen LogP contribution is 2.52. The standard InChI is InChI=1S/C26H36O3S/c1-20-9-14-23-24(8-7-17-29-16-6-4-5-15-27)26(2,19-30-25(23)18-20)21-10-12-22(28-3)13-11-21/h9-14,18,24,27H,4-8,15-17,19H2,1-3H3/t24?,26-/m1/s1. The van der Waals surface area contributed by atoms with Gasteiger partial charge in [0.2, 0.25) is 0 Å². The summed E-state index contributed by atoms with van der Waals surface area (Å²) in [5, 5.41) is 8.87. The molecule has 3 nitrogen and oxygen atoms in total. The number of fused-ring (bicyclic) bond motifs is 1. The lowest BCUT2D eigenvalue weighted by molar-refractivity contribution is 0.121. The van der Waals surface area contributed by atoms with Crippen molar-refractivity contribution >= 4 is 11.8 Å². The number of hydrogen-bond acceptors (Lipinski definition) is 4. The number of benzene rings is 2. The summed E-state index contributed by atoms with van der Waals surface area (Å²) >= 11 is 1.99. The van der Waals surface area contributed by atoms with E-state index in [9.17, 15) is 0 Å². The third-order valence-corrected chi connectivity index (χ3v) is 7.73. The summed E-state index contributed by atoms with van der Waals surface area (Å²) in [6.45, 7) is 6.49. The van der Waals surface area contributed by atoms with Crippen molar-refractivity contribution in [3.05, 3.63) is 59.2 Å². The molecule has 3 rings (SSSR count). The molecule has 2 atom stereocenters. The van der Waals surface area contributed by atoms with Gasteiger partial charge in [0.25, 0.3) is 0 Å². The number of hydrogen-bond donors (Lipinski definition) is 1. The molecule has 0 amide bonds. The molecule has 1 N–H and O–H groups in total. The maximum absolute atomic E-state index is 8.87. The topological polar surface area (TPSA) is 38.7 Å². The Balaban J connectivity index is 1.72.